The van der Waals surface area contributed by atoms with Crippen LogP contribution in [0.25, 0.3) is 0 Å². The summed E-state index contributed by atoms with van der Waals surface area (Å²) in [4.78, 5) is 25.4. The highest BCUT2D eigenvalue weighted by atomic mass is 79.9. The summed E-state index contributed by atoms with van der Waals surface area (Å²) in [5, 5.41) is 0. The van der Waals surface area contributed by atoms with E-state index in [0.717, 1.165) is 11.6 Å². The third kappa shape index (κ3) is 2.04. The number of halogens is 2. The molecule has 0 radical (unpaired) electrons. The first-order valence-electron chi connectivity index (χ1n) is 5.97. The van der Waals surface area contributed by atoms with E-state index in [2.05, 4.69) is 15.9 Å². The van der Waals surface area contributed by atoms with Gasteiger partial charge >= 0.3 is 0 Å². The Labute approximate surface area is 123 Å². The molecule has 2 aromatic rings. The summed E-state index contributed by atoms with van der Waals surface area (Å²) in [6, 6.07) is 11.7. The van der Waals surface area contributed by atoms with Crippen LogP contribution in [-0.4, -0.2) is 11.7 Å². The molecule has 0 aromatic heterocycles. The lowest BCUT2D eigenvalue weighted by molar-refractivity contribution is -0.114. The molecule has 0 spiro atoms. The van der Waals surface area contributed by atoms with E-state index in [0.29, 0.717) is 10.2 Å². The standard InChI is InChI=1S/C15H9BrFNO2/c16-12-7-10(17)6-11-13(12)18(15(20)14(11)19)8-9-4-2-1-3-5-9/h1-7H,8H2. The zero-order valence-corrected chi connectivity index (χ0v) is 11.9. The third-order valence-corrected chi connectivity index (χ3v) is 3.77. The normalized spacial score (nSPS) is 13.8. The fourth-order valence-electron chi connectivity index (χ4n) is 2.27. The summed E-state index contributed by atoms with van der Waals surface area (Å²) < 4.78 is 13.8. The van der Waals surface area contributed by atoms with Crippen molar-refractivity contribution in [2.45, 2.75) is 6.54 Å². The number of carbonyl (C=O) groups is 2. The molecule has 0 atom stereocenters. The Morgan fingerprint density at radius 3 is 2.50 bits per heavy atom. The van der Waals surface area contributed by atoms with E-state index in [1.54, 1.807) is 0 Å². The van der Waals surface area contributed by atoms with Crippen LogP contribution in [0.15, 0.2) is 46.9 Å². The molecule has 0 fully saturated rings. The van der Waals surface area contributed by atoms with Crippen LogP contribution in [-0.2, 0) is 11.3 Å². The molecule has 0 bridgehead atoms. The van der Waals surface area contributed by atoms with Crippen molar-refractivity contribution in [1.29, 1.82) is 0 Å². The largest absolute Gasteiger partial charge is 0.299 e. The van der Waals surface area contributed by atoms with Crippen LogP contribution in [0.5, 0.6) is 0 Å². The maximum atomic E-state index is 13.4. The molecule has 0 unspecified atom stereocenters. The number of anilines is 1. The number of benzene rings is 2. The van der Waals surface area contributed by atoms with Gasteiger partial charge in [0.15, 0.2) is 0 Å². The summed E-state index contributed by atoms with van der Waals surface area (Å²) in [7, 11) is 0. The lowest BCUT2D eigenvalue weighted by Gasteiger charge is -2.17. The second-order valence-electron chi connectivity index (χ2n) is 4.49. The zero-order chi connectivity index (χ0) is 14.3. The number of hydrogen-bond donors (Lipinski definition) is 0. The van der Waals surface area contributed by atoms with Crippen molar-refractivity contribution in [3.63, 3.8) is 0 Å². The molecule has 3 rings (SSSR count). The Morgan fingerprint density at radius 2 is 1.80 bits per heavy atom. The Balaban J connectivity index is 2.07. The van der Waals surface area contributed by atoms with E-state index in [-0.39, 0.29) is 12.1 Å². The van der Waals surface area contributed by atoms with Crippen molar-refractivity contribution in [1.82, 2.24) is 0 Å². The van der Waals surface area contributed by atoms with Gasteiger partial charge in [-0.25, -0.2) is 4.39 Å². The van der Waals surface area contributed by atoms with Crippen molar-refractivity contribution < 1.29 is 14.0 Å². The smallest absolute Gasteiger partial charge is 0.299 e. The predicted octanol–water partition coefficient (Wildman–Crippen LogP) is 3.32. The molecule has 1 aliphatic rings. The van der Waals surface area contributed by atoms with E-state index < -0.39 is 17.5 Å². The minimum atomic E-state index is -0.670. The lowest BCUT2D eigenvalue weighted by Crippen LogP contribution is -2.29. The van der Waals surface area contributed by atoms with E-state index in [9.17, 15) is 14.0 Å². The van der Waals surface area contributed by atoms with Crippen LogP contribution in [0.3, 0.4) is 0 Å². The second-order valence-corrected chi connectivity index (χ2v) is 5.34. The Bertz CT molecular complexity index is 715. The highest BCUT2D eigenvalue weighted by Gasteiger charge is 2.37. The number of hydrogen-bond acceptors (Lipinski definition) is 2. The molecule has 0 saturated carbocycles. The average molecular weight is 334 g/mol. The first kappa shape index (κ1) is 13.0. The molecule has 1 amide bonds. The molecule has 0 N–H and O–H groups in total. The van der Waals surface area contributed by atoms with Crippen LogP contribution in [0, 0.1) is 5.82 Å². The van der Waals surface area contributed by atoms with Gasteiger partial charge in [-0.05, 0) is 33.6 Å². The van der Waals surface area contributed by atoms with Gasteiger partial charge in [-0.2, -0.15) is 0 Å². The summed E-state index contributed by atoms with van der Waals surface area (Å²) in [5.41, 5.74) is 1.45. The van der Waals surface area contributed by atoms with Gasteiger partial charge < -0.3 is 0 Å². The van der Waals surface area contributed by atoms with Crippen LogP contribution in [0.4, 0.5) is 10.1 Å². The van der Waals surface area contributed by atoms with Gasteiger partial charge in [0.25, 0.3) is 11.7 Å². The molecule has 20 heavy (non-hydrogen) atoms. The molecule has 1 heterocycles. The lowest BCUT2D eigenvalue weighted by atomic mass is 10.1. The Hall–Kier alpha value is -2.01. The van der Waals surface area contributed by atoms with Gasteiger partial charge in [0.1, 0.15) is 5.82 Å². The first-order chi connectivity index (χ1) is 9.58. The van der Waals surface area contributed by atoms with Crippen LogP contribution in [0.2, 0.25) is 0 Å². The molecule has 100 valence electrons. The van der Waals surface area contributed by atoms with Crippen molar-refractivity contribution >= 4 is 33.3 Å². The molecular formula is C15H9BrFNO2. The molecule has 0 saturated heterocycles. The summed E-state index contributed by atoms with van der Waals surface area (Å²) in [5.74, 6) is -1.84. The Kier molecular flexibility index (Phi) is 3.14. The SMILES string of the molecule is O=C1C(=O)N(Cc2ccccc2)c2c(Br)cc(F)cc21. The van der Waals surface area contributed by atoms with Crippen LogP contribution >= 0.6 is 15.9 Å². The van der Waals surface area contributed by atoms with Crippen LogP contribution in [0.1, 0.15) is 15.9 Å². The molecule has 2 aromatic carbocycles. The van der Waals surface area contributed by atoms with Crippen molar-refractivity contribution in [2.24, 2.45) is 0 Å². The molecule has 3 nitrogen and oxygen atoms in total. The van der Waals surface area contributed by atoms with Gasteiger partial charge in [-0.1, -0.05) is 30.3 Å². The predicted molar refractivity (Wildman–Crippen MR) is 76.1 cm³/mol. The van der Waals surface area contributed by atoms with Crippen LogP contribution < -0.4 is 4.90 Å². The zero-order valence-electron chi connectivity index (χ0n) is 10.3. The quantitative estimate of drug-likeness (QED) is 0.790. The van der Waals surface area contributed by atoms with Gasteiger partial charge in [0.05, 0.1) is 17.8 Å². The number of Topliss-reactive ketones (excluding diaryl/α,β-unsaturated/α-hetero) is 1. The topological polar surface area (TPSA) is 37.4 Å². The fourth-order valence-corrected chi connectivity index (χ4v) is 2.92. The summed E-state index contributed by atoms with van der Waals surface area (Å²) in [6.07, 6.45) is 0. The van der Waals surface area contributed by atoms with E-state index in [4.69, 9.17) is 0 Å². The summed E-state index contributed by atoms with van der Waals surface area (Å²) >= 11 is 3.22. The second kappa shape index (κ2) is 4.83. The summed E-state index contributed by atoms with van der Waals surface area (Å²) in [6.45, 7) is 0.280. The molecule has 5 heteroatoms. The van der Waals surface area contributed by atoms with Gasteiger partial charge in [0, 0.05) is 4.47 Å². The van der Waals surface area contributed by atoms with E-state index in [1.165, 1.54) is 11.0 Å². The first-order valence-corrected chi connectivity index (χ1v) is 6.76. The number of amides is 1. The van der Waals surface area contributed by atoms with Gasteiger partial charge in [-0.15, -0.1) is 0 Å². The Morgan fingerprint density at radius 1 is 1.10 bits per heavy atom. The third-order valence-electron chi connectivity index (χ3n) is 3.17. The number of nitrogens with zero attached hydrogens (tertiary/aromatic N) is 1. The average Bonchev–Trinajstić information content (AvgIpc) is 2.65. The highest BCUT2D eigenvalue weighted by Crippen LogP contribution is 2.37. The highest BCUT2D eigenvalue weighted by molar-refractivity contribution is 9.10. The van der Waals surface area contributed by atoms with Crippen molar-refractivity contribution in [3.8, 4) is 0 Å². The number of ketones is 1. The van der Waals surface area contributed by atoms with E-state index in [1.807, 2.05) is 30.3 Å². The van der Waals surface area contributed by atoms with Crippen molar-refractivity contribution in [2.75, 3.05) is 4.90 Å². The number of rotatable bonds is 2. The van der Waals surface area contributed by atoms with Gasteiger partial charge in [0.2, 0.25) is 0 Å². The minimum Gasteiger partial charge on any atom is -0.299 e. The number of carbonyl (C=O) groups excluding carboxylic acids is 2. The van der Waals surface area contributed by atoms with E-state index >= 15 is 0 Å². The number of fused-ring (bicyclic) bond motifs is 1. The molecular weight excluding hydrogens is 325 g/mol. The molecule has 0 aliphatic carbocycles. The minimum absolute atomic E-state index is 0.109. The van der Waals surface area contributed by atoms with Crippen molar-refractivity contribution in [3.05, 3.63) is 63.9 Å². The monoisotopic (exact) mass is 333 g/mol. The maximum Gasteiger partial charge on any atom is 0.299 e. The van der Waals surface area contributed by atoms with Gasteiger partial charge in [-0.3, -0.25) is 14.5 Å². The molecule has 1 aliphatic heterocycles. The fraction of sp³-hybridized carbons (Fsp3) is 0.0667. The maximum absolute atomic E-state index is 13.4.